The average molecular weight is 325 g/mol. The van der Waals surface area contributed by atoms with Gasteiger partial charge in [0.2, 0.25) is 5.95 Å². The number of nitrogens with zero attached hydrogens (tertiary/aromatic N) is 3. The van der Waals surface area contributed by atoms with Crippen LogP contribution in [0.5, 0.6) is 12.0 Å². The fraction of sp³-hybridized carbons (Fsp3) is 0.250. The fourth-order valence-electron chi connectivity index (χ4n) is 1.42. The van der Waals surface area contributed by atoms with Crippen LogP contribution in [0, 0.1) is 0 Å². The zero-order chi connectivity index (χ0) is 13.7. The Labute approximate surface area is 119 Å². The van der Waals surface area contributed by atoms with Gasteiger partial charge in [-0.15, -0.1) is 4.98 Å². The molecule has 19 heavy (non-hydrogen) atoms. The zero-order valence-corrected chi connectivity index (χ0v) is 12.1. The van der Waals surface area contributed by atoms with Crippen LogP contribution in [-0.4, -0.2) is 29.2 Å². The van der Waals surface area contributed by atoms with Crippen LogP contribution in [0.4, 0.5) is 5.95 Å². The first-order valence-corrected chi connectivity index (χ1v) is 6.33. The van der Waals surface area contributed by atoms with Crippen LogP contribution >= 0.6 is 15.9 Å². The number of ether oxygens (including phenoxy) is 2. The second-order valence-electron chi connectivity index (χ2n) is 3.58. The molecule has 0 spiro atoms. The molecule has 0 radical (unpaired) electrons. The average Bonchev–Trinajstić information content (AvgIpc) is 2.46. The van der Waals surface area contributed by atoms with Crippen molar-refractivity contribution in [3.63, 3.8) is 0 Å². The molecule has 6 nitrogen and oxygen atoms in total. The summed E-state index contributed by atoms with van der Waals surface area (Å²) < 4.78 is 11.0. The van der Waals surface area contributed by atoms with E-state index in [2.05, 4.69) is 36.2 Å². The number of aromatic nitrogens is 3. The van der Waals surface area contributed by atoms with Crippen molar-refractivity contribution in [2.45, 2.75) is 6.54 Å². The van der Waals surface area contributed by atoms with Gasteiger partial charge in [0.05, 0.1) is 14.2 Å². The van der Waals surface area contributed by atoms with Gasteiger partial charge in [-0.25, -0.2) is 0 Å². The summed E-state index contributed by atoms with van der Waals surface area (Å²) >= 11 is 3.48. The SMILES string of the molecule is COc1nc(NCc2ccccc2Br)nc(OC)n1. The maximum atomic E-state index is 4.98. The van der Waals surface area contributed by atoms with E-state index in [-0.39, 0.29) is 12.0 Å². The molecule has 0 bridgehead atoms. The third-order valence-corrected chi connectivity index (χ3v) is 3.13. The molecule has 0 fully saturated rings. The summed E-state index contributed by atoms with van der Waals surface area (Å²) in [6, 6.07) is 8.33. The first-order valence-electron chi connectivity index (χ1n) is 5.54. The molecule has 100 valence electrons. The third kappa shape index (κ3) is 3.54. The lowest BCUT2D eigenvalue weighted by Crippen LogP contribution is -2.07. The van der Waals surface area contributed by atoms with Crippen LogP contribution in [0.25, 0.3) is 0 Å². The molecule has 0 aliphatic rings. The van der Waals surface area contributed by atoms with Crippen LogP contribution in [-0.2, 0) is 6.54 Å². The molecule has 0 aliphatic carbocycles. The van der Waals surface area contributed by atoms with Crippen LogP contribution in [0.15, 0.2) is 28.7 Å². The van der Waals surface area contributed by atoms with Crippen molar-refractivity contribution in [2.75, 3.05) is 19.5 Å². The minimum atomic E-state index is 0.210. The lowest BCUT2D eigenvalue weighted by atomic mass is 10.2. The molecular formula is C12H13BrN4O2. The number of hydrogen-bond donors (Lipinski definition) is 1. The number of hydrogen-bond acceptors (Lipinski definition) is 6. The lowest BCUT2D eigenvalue weighted by Gasteiger charge is -2.08. The highest BCUT2D eigenvalue weighted by atomic mass is 79.9. The normalized spacial score (nSPS) is 10.1. The highest BCUT2D eigenvalue weighted by Crippen LogP contribution is 2.18. The predicted octanol–water partition coefficient (Wildman–Crippen LogP) is 2.26. The molecule has 1 aromatic carbocycles. The smallest absolute Gasteiger partial charge is 0.324 e. The molecule has 0 unspecified atom stereocenters. The number of benzene rings is 1. The quantitative estimate of drug-likeness (QED) is 0.909. The maximum absolute atomic E-state index is 4.98. The van der Waals surface area contributed by atoms with Crippen molar-refractivity contribution in [3.8, 4) is 12.0 Å². The highest BCUT2D eigenvalue weighted by Gasteiger charge is 2.07. The minimum Gasteiger partial charge on any atom is -0.467 e. The summed E-state index contributed by atoms with van der Waals surface area (Å²) in [5, 5.41) is 3.10. The van der Waals surface area contributed by atoms with Crippen LogP contribution < -0.4 is 14.8 Å². The van der Waals surface area contributed by atoms with E-state index < -0.39 is 0 Å². The van der Waals surface area contributed by atoms with Crippen LogP contribution in [0.2, 0.25) is 0 Å². The number of methoxy groups -OCH3 is 2. The topological polar surface area (TPSA) is 69.2 Å². The summed E-state index contributed by atoms with van der Waals surface area (Å²) in [7, 11) is 2.98. The first-order chi connectivity index (χ1) is 9.22. The van der Waals surface area contributed by atoms with Gasteiger partial charge in [-0.2, -0.15) is 9.97 Å². The number of anilines is 1. The van der Waals surface area contributed by atoms with E-state index in [1.165, 1.54) is 14.2 Å². The Kier molecular flexibility index (Phi) is 4.51. The second kappa shape index (κ2) is 6.33. The molecule has 2 aromatic rings. The Morgan fingerprint density at radius 3 is 2.26 bits per heavy atom. The predicted molar refractivity (Wildman–Crippen MR) is 74.4 cm³/mol. The van der Waals surface area contributed by atoms with Gasteiger partial charge >= 0.3 is 12.0 Å². The second-order valence-corrected chi connectivity index (χ2v) is 4.43. The van der Waals surface area contributed by atoms with Gasteiger partial charge in [-0.3, -0.25) is 0 Å². The van der Waals surface area contributed by atoms with E-state index >= 15 is 0 Å². The summed E-state index contributed by atoms with van der Waals surface area (Å²) in [6.45, 7) is 0.581. The molecule has 0 saturated heterocycles. The minimum absolute atomic E-state index is 0.210. The lowest BCUT2D eigenvalue weighted by molar-refractivity contribution is 0.341. The standard InChI is InChI=1S/C12H13BrN4O2/c1-18-11-15-10(16-12(17-11)19-2)14-7-8-5-3-4-6-9(8)13/h3-6H,7H2,1-2H3,(H,14,15,16,17). The van der Waals surface area contributed by atoms with Crippen molar-refractivity contribution in [3.05, 3.63) is 34.3 Å². The summed E-state index contributed by atoms with van der Waals surface area (Å²) in [5.41, 5.74) is 1.10. The van der Waals surface area contributed by atoms with Crippen LogP contribution in [0.1, 0.15) is 5.56 Å². The Morgan fingerprint density at radius 2 is 1.68 bits per heavy atom. The molecule has 2 rings (SSSR count). The summed E-state index contributed by atoms with van der Waals surface area (Å²) in [5.74, 6) is 0.402. The van der Waals surface area contributed by atoms with Gasteiger partial charge in [-0.05, 0) is 11.6 Å². The Balaban J connectivity index is 2.13. The Morgan fingerprint density at radius 1 is 1.05 bits per heavy atom. The van der Waals surface area contributed by atoms with Crippen molar-refractivity contribution in [1.82, 2.24) is 15.0 Å². The Hall–Kier alpha value is -1.89. The molecule has 7 heteroatoms. The first kappa shape index (κ1) is 13.5. The maximum Gasteiger partial charge on any atom is 0.324 e. The molecule has 0 amide bonds. The van der Waals surface area contributed by atoms with Gasteiger partial charge in [0.15, 0.2) is 0 Å². The van der Waals surface area contributed by atoms with Crippen molar-refractivity contribution in [1.29, 1.82) is 0 Å². The zero-order valence-electron chi connectivity index (χ0n) is 10.6. The molecule has 1 heterocycles. The van der Waals surface area contributed by atoms with Gasteiger partial charge < -0.3 is 14.8 Å². The van der Waals surface area contributed by atoms with E-state index in [1.54, 1.807) is 0 Å². The van der Waals surface area contributed by atoms with Crippen molar-refractivity contribution >= 4 is 21.9 Å². The van der Waals surface area contributed by atoms with E-state index in [4.69, 9.17) is 9.47 Å². The van der Waals surface area contributed by atoms with Gasteiger partial charge in [-0.1, -0.05) is 34.1 Å². The van der Waals surface area contributed by atoms with Crippen molar-refractivity contribution < 1.29 is 9.47 Å². The highest BCUT2D eigenvalue weighted by molar-refractivity contribution is 9.10. The monoisotopic (exact) mass is 324 g/mol. The van der Waals surface area contributed by atoms with Crippen molar-refractivity contribution in [2.24, 2.45) is 0 Å². The Bertz CT molecular complexity index is 543. The molecule has 0 aliphatic heterocycles. The van der Waals surface area contributed by atoms with E-state index in [0.29, 0.717) is 12.5 Å². The van der Waals surface area contributed by atoms with E-state index in [1.807, 2.05) is 24.3 Å². The molecule has 1 N–H and O–H groups in total. The number of halogens is 1. The van der Waals surface area contributed by atoms with Gasteiger partial charge in [0.1, 0.15) is 0 Å². The molecule has 0 atom stereocenters. The summed E-state index contributed by atoms with van der Waals surface area (Å²) in [6.07, 6.45) is 0. The van der Waals surface area contributed by atoms with Gasteiger partial charge in [0.25, 0.3) is 0 Å². The number of rotatable bonds is 5. The molecular weight excluding hydrogens is 312 g/mol. The largest absolute Gasteiger partial charge is 0.467 e. The van der Waals surface area contributed by atoms with Gasteiger partial charge in [0, 0.05) is 11.0 Å². The molecule has 1 aromatic heterocycles. The van der Waals surface area contributed by atoms with E-state index in [9.17, 15) is 0 Å². The fourth-order valence-corrected chi connectivity index (χ4v) is 1.84. The molecule has 0 saturated carbocycles. The summed E-state index contributed by atoms with van der Waals surface area (Å²) in [4.78, 5) is 12.1. The third-order valence-electron chi connectivity index (χ3n) is 2.35. The van der Waals surface area contributed by atoms with E-state index in [0.717, 1.165) is 10.0 Å². The van der Waals surface area contributed by atoms with Crippen LogP contribution in [0.3, 0.4) is 0 Å². The number of nitrogens with one attached hydrogen (secondary N) is 1.